The Bertz CT molecular complexity index is 1270. The number of benzene rings is 2. The molecule has 1 aromatic heterocycles. The van der Waals surface area contributed by atoms with Crippen LogP contribution in [0.2, 0.25) is 0 Å². The quantitative estimate of drug-likeness (QED) is 0.519. The van der Waals surface area contributed by atoms with E-state index in [1.54, 1.807) is 42.6 Å². The van der Waals surface area contributed by atoms with E-state index in [0.717, 1.165) is 5.39 Å². The van der Waals surface area contributed by atoms with Gasteiger partial charge in [-0.3, -0.25) is 9.78 Å². The molecule has 1 amide bonds. The van der Waals surface area contributed by atoms with Gasteiger partial charge in [0.2, 0.25) is 15.9 Å². The molecule has 180 valence electrons. The zero-order chi connectivity index (χ0) is 24.1. The van der Waals surface area contributed by atoms with Gasteiger partial charge in [-0.05, 0) is 51.0 Å². The smallest absolute Gasteiger partial charge is 0.245 e. The number of nitrogens with zero attached hydrogens (tertiary/aromatic N) is 2. The maximum Gasteiger partial charge on any atom is 0.245 e. The van der Waals surface area contributed by atoms with Crippen molar-refractivity contribution in [2.45, 2.75) is 31.6 Å². The molecule has 1 aliphatic heterocycles. The predicted octanol–water partition coefficient (Wildman–Crippen LogP) is 4.07. The van der Waals surface area contributed by atoms with Crippen molar-refractivity contribution in [2.24, 2.45) is 5.92 Å². The molecular weight excluding hydrogens is 454 g/mol. The van der Waals surface area contributed by atoms with Crippen molar-refractivity contribution in [3.05, 3.63) is 54.7 Å². The fraction of sp³-hybridized carbons (Fsp3) is 0.360. The average Bonchev–Trinajstić information content (AvgIpc) is 2.85. The van der Waals surface area contributed by atoms with Crippen LogP contribution in [0.15, 0.2) is 59.6 Å². The fourth-order valence-corrected chi connectivity index (χ4v) is 5.87. The number of pyridine rings is 1. The zero-order valence-corrected chi connectivity index (χ0v) is 20.2. The van der Waals surface area contributed by atoms with E-state index in [1.807, 2.05) is 26.0 Å². The third-order valence-corrected chi connectivity index (χ3v) is 7.68. The van der Waals surface area contributed by atoms with Crippen molar-refractivity contribution in [2.75, 3.05) is 31.6 Å². The van der Waals surface area contributed by atoms with E-state index in [1.165, 1.54) is 4.31 Å². The second kappa shape index (κ2) is 10.4. The highest BCUT2D eigenvalue weighted by Gasteiger charge is 2.34. The van der Waals surface area contributed by atoms with Gasteiger partial charge in [-0.25, -0.2) is 8.42 Å². The summed E-state index contributed by atoms with van der Waals surface area (Å²) >= 11 is 0. The molecule has 1 atom stereocenters. The highest BCUT2D eigenvalue weighted by atomic mass is 32.2. The van der Waals surface area contributed by atoms with Crippen LogP contribution >= 0.6 is 0 Å². The molecule has 0 aliphatic carbocycles. The van der Waals surface area contributed by atoms with Crippen molar-refractivity contribution in [1.82, 2.24) is 9.29 Å². The van der Waals surface area contributed by atoms with Crippen LogP contribution in [-0.4, -0.2) is 49.9 Å². The fourth-order valence-electron chi connectivity index (χ4n) is 4.18. The number of nitrogens with one attached hydrogen (secondary N) is 1. The summed E-state index contributed by atoms with van der Waals surface area (Å²) in [5, 5.41) is 3.68. The number of sulfonamides is 1. The van der Waals surface area contributed by atoms with Gasteiger partial charge in [0.1, 0.15) is 16.4 Å². The first-order valence-corrected chi connectivity index (χ1v) is 12.9. The summed E-state index contributed by atoms with van der Waals surface area (Å²) in [7, 11) is -3.81. The highest BCUT2D eigenvalue weighted by molar-refractivity contribution is 7.89. The molecule has 0 spiro atoms. The van der Waals surface area contributed by atoms with Gasteiger partial charge in [0, 0.05) is 30.7 Å². The molecule has 3 aromatic rings. The molecule has 1 fully saturated rings. The molecule has 1 aliphatic rings. The van der Waals surface area contributed by atoms with E-state index in [9.17, 15) is 13.2 Å². The van der Waals surface area contributed by atoms with Crippen LogP contribution in [0.25, 0.3) is 10.9 Å². The lowest BCUT2D eigenvalue weighted by Gasteiger charge is -2.31. The zero-order valence-electron chi connectivity index (χ0n) is 19.4. The number of carbonyl (C=O) groups excluding carboxylic acids is 1. The minimum atomic E-state index is -3.81. The molecular formula is C25H29N3O5S. The number of carbonyl (C=O) groups is 1. The van der Waals surface area contributed by atoms with E-state index in [2.05, 4.69) is 10.3 Å². The van der Waals surface area contributed by atoms with Crippen molar-refractivity contribution in [3.63, 3.8) is 0 Å². The van der Waals surface area contributed by atoms with Gasteiger partial charge < -0.3 is 14.8 Å². The lowest BCUT2D eigenvalue weighted by molar-refractivity contribution is -0.120. The molecule has 8 nitrogen and oxygen atoms in total. The van der Waals surface area contributed by atoms with Crippen LogP contribution in [0.1, 0.15) is 26.7 Å². The lowest BCUT2D eigenvalue weighted by atomic mass is 9.98. The van der Waals surface area contributed by atoms with Gasteiger partial charge in [-0.2, -0.15) is 4.31 Å². The Labute approximate surface area is 199 Å². The summed E-state index contributed by atoms with van der Waals surface area (Å²) < 4.78 is 39.6. The Hall–Kier alpha value is -3.17. The van der Waals surface area contributed by atoms with Gasteiger partial charge >= 0.3 is 0 Å². The van der Waals surface area contributed by atoms with Gasteiger partial charge in [0.05, 0.1) is 30.3 Å². The summed E-state index contributed by atoms with van der Waals surface area (Å²) in [5.41, 5.74) is 0.946. The number of anilines is 1. The molecule has 4 rings (SSSR count). The van der Waals surface area contributed by atoms with Crippen LogP contribution in [-0.2, 0) is 14.8 Å². The average molecular weight is 484 g/mol. The van der Waals surface area contributed by atoms with Crippen molar-refractivity contribution < 1.29 is 22.7 Å². The number of hydrogen-bond donors (Lipinski definition) is 1. The van der Waals surface area contributed by atoms with Crippen LogP contribution in [0.5, 0.6) is 11.5 Å². The Morgan fingerprint density at radius 1 is 1.12 bits per heavy atom. The summed E-state index contributed by atoms with van der Waals surface area (Å²) in [4.78, 5) is 17.6. The first kappa shape index (κ1) is 24.0. The van der Waals surface area contributed by atoms with Crippen molar-refractivity contribution in [1.29, 1.82) is 0 Å². The SMILES string of the molecule is CCOc1ccc(OCC)c(NC(=O)C2CCCN(S(=O)(=O)c3cccc4cccnc34)C2)c1. The molecule has 0 bridgehead atoms. The number of aromatic nitrogens is 1. The normalized spacial score (nSPS) is 16.8. The van der Waals surface area contributed by atoms with Crippen molar-refractivity contribution >= 4 is 32.5 Å². The molecule has 0 saturated carbocycles. The summed E-state index contributed by atoms with van der Waals surface area (Å²) in [6.45, 7) is 5.17. The molecule has 34 heavy (non-hydrogen) atoms. The van der Waals surface area contributed by atoms with Gasteiger partial charge in [-0.15, -0.1) is 0 Å². The van der Waals surface area contributed by atoms with E-state index >= 15 is 0 Å². The van der Waals surface area contributed by atoms with Crippen molar-refractivity contribution in [3.8, 4) is 11.5 Å². The van der Waals surface area contributed by atoms with E-state index in [-0.39, 0.29) is 17.3 Å². The summed E-state index contributed by atoms with van der Waals surface area (Å²) in [6, 6.07) is 14.0. The third kappa shape index (κ3) is 5.00. The monoisotopic (exact) mass is 483 g/mol. The van der Waals surface area contributed by atoms with Gasteiger partial charge in [0.25, 0.3) is 0 Å². The van der Waals surface area contributed by atoms with Crippen LogP contribution in [0.4, 0.5) is 5.69 Å². The third-order valence-electron chi connectivity index (χ3n) is 5.79. The van der Waals surface area contributed by atoms with Crippen LogP contribution in [0, 0.1) is 5.92 Å². The number of hydrogen-bond acceptors (Lipinski definition) is 6. The first-order chi connectivity index (χ1) is 16.4. The van der Waals surface area contributed by atoms with Crippen LogP contribution < -0.4 is 14.8 Å². The number of piperidine rings is 1. The van der Waals surface area contributed by atoms with E-state index < -0.39 is 15.9 Å². The highest BCUT2D eigenvalue weighted by Crippen LogP contribution is 2.32. The number of amides is 1. The standard InChI is InChI=1S/C25H29N3O5S/c1-3-32-20-12-13-22(33-4-2)21(16-20)27-25(29)19-10-7-15-28(17-19)34(30,31)23-11-5-8-18-9-6-14-26-24(18)23/h5-6,8-9,11-14,16,19H,3-4,7,10,15,17H2,1-2H3,(H,27,29). The Kier molecular flexibility index (Phi) is 7.33. The molecule has 2 heterocycles. The Morgan fingerprint density at radius 3 is 2.71 bits per heavy atom. The second-order valence-electron chi connectivity index (χ2n) is 8.05. The molecule has 1 saturated heterocycles. The number of rotatable bonds is 8. The molecule has 9 heteroatoms. The predicted molar refractivity (Wildman–Crippen MR) is 131 cm³/mol. The van der Waals surface area contributed by atoms with Gasteiger partial charge in [-0.1, -0.05) is 18.2 Å². The minimum Gasteiger partial charge on any atom is -0.494 e. The second-order valence-corrected chi connectivity index (χ2v) is 9.95. The largest absolute Gasteiger partial charge is 0.494 e. The Morgan fingerprint density at radius 2 is 1.91 bits per heavy atom. The first-order valence-electron chi connectivity index (χ1n) is 11.5. The minimum absolute atomic E-state index is 0.104. The molecule has 1 unspecified atom stereocenters. The van der Waals surface area contributed by atoms with E-state index in [0.29, 0.717) is 55.3 Å². The maximum atomic E-state index is 13.5. The van der Waals surface area contributed by atoms with E-state index in [4.69, 9.17) is 9.47 Å². The molecule has 0 radical (unpaired) electrons. The molecule has 1 N–H and O–H groups in total. The molecule has 2 aromatic carbocycles. The topological polar surface area (TPSA) is 97.8 Å². The lowest BCUT2D eigenvalue weighted by Crippen LogP contribution is -2.43. The van der Waals surface area contributed by atoms with Crippen LogP contribution in [0.3, 0.4) is 0 Å². The Balaban J connectivity index is 1.55. The summed E-state index contributed by atoms with van der Waals surface area (Å²) in [6.07, 6.45) is 2.77. The summed E-state index contributed by atoms with van der Waals surface area (Å²) in [5.74, 6) is 0.432. The number of ether oxygens (including phenoxy) is 2. The van der Waals surface area contributed by atoms with Gasteiger partial charge in [0.15, 0.2) is 0 Å². The maximum absolute atomic E-state index is 13.5. The number of para-hydroxylation sites is 1. The number of fused-ring (bicyclic) bond motifs is 1.